The van der Waals surface area contributed by atoms with Crippen molar-refractivity contribution in [2.45, 2.75) is 238 Å². The van der Waals surface area contributed by atoms with Gasteiger partial charge in [-0.1, -0.05) is 188 Å². The Bertz CT molecular complexity index is 1320. The first-order valence-corrected chi connectivity index (χ1v) is 28.1. The summed E-state index contributed by atoms with van der Waals surface area (Å²) in [5, 5.41) is -11.0. The molecule has 2 fully saturated rings. The molecule has 0 N–H and O–H groups in total. The number of Topliss-reactive ketones (excluding diaryl/α,β-unsaturated/α-hetero) is 1. The summed E-state index contributed by atoms with van der Waals surface area (Å²) in [6.07, 6.45) is 31.8. The Hall–Kier alpha value is 2.62. The maximum atomic E-state index is 11.4. The largest absolute Gasteiger partial charge is 1.00 e. The van der Waals surface area contributed by atoms with Crippen LogP contribution in [0.3, 0.4) is 0 Å². The predicted octanol–water partition coefficient (Wildman–Crippen LogP) is 4.79. The molecule has 0 aliphatic carbocycles. The molecule has 0 aromatic carbocycles. The molecule has 0 bridgehead atoms. The van der Waals surface area contributed by atoms with E-state index in [-0.39, 0.29) is 141 Å². The monoisotopic (exact) mass is 1210 g/mol. The average molecular weight is 1210 g/mol. The molecule has 2 heterocycles. The van der Waals surface area contributed by atoms with Crippen LogP contribution in [0.15, 0.2) is 0 Å². The Morgan fingerprint density at radius 1 is 0.466 bits per heavy atom. The number of ketones is 1. The van der Waals surface area contributed by atoms with Crippen molar-refractivity contribution in [3.05, 3.63) is 0 Å². The normalized spacial score (nSPS) is 14.3. The van der Waals surface area contributed by atoms with Crippen LogP contribution in [-0.4, -0.2) is 141 Å². The van der Waals surface area contributed by atoms with Crippen molar-refractivity contribution in [2.75, 3.05) is 66.7 Å². The van der Waals surface area contributed by atoms with Crippen molar-refractivity contribution in [3.63, 3.8) is 0 Å². The van der Waals surface area contributed by atoms with Crippen LogP contribution in [0.4, 0.5) is 35.1 Å². The van der Waals surface area contributed by atoms with Gasteiger partial charge in [0.2, 0.25) is 0 Å². The van der Waals surface area contributed by atoms with Crippen molar-refractivity contribution in [1.29, 1.82) is 0 Å². The Morgan fingerprint density at radius 2 is 0.644 bits per heavy atom. The molecule has 73 heavy (non-hydrogen) atoms. The van der Waals surface area contributed by atoms with E-state index in [0.717, 1.165) is 0 Å². The number of hydrogen-bond acceptors (Lipinski definition) is 11. The first-order chi connectivity index (χ1) is 31.8. The first-order valence-electron chi connectivity index (χ1n) is 25.3. The molecule has 0 aromatic heterocycles. The molecule has 25 heteroatoms. The maximum Gasteiger partial charge on any atom is 1.00 e. The number of halogens is 10. The van der Waals surface area contributed by atoms with Crippen molar-refractivity contribution < 1.29 is 181 Å². The minimum Gasteiger partial charge on any atom is -1.00 e. The Labute approximate surface area is 537 Å². The van der Waals surface area contributed by atoms with E-state index in [2.05, 4.69) is 47.5 Å². The fourth-order valence-electron chi connectivity index (χ4n) is 7.23. The molecule has 2 saturated heterocycles. The number of carbonyl (C=O) groups excluding carboxylic acids is 1. The molecule has 436 valence electrons. The smallest absolute Gasteiger partial charge is 1.00 e. The zero-order valence-electron chi connectivity index (χ0n) is 45.4. The van der Waals surface area contributed by atoms with E-state index < -0.39 is 43.6 Å². The quantitative estimate of drug-likeness (QED) is 0.0380. The summed E-state index contributed by atoms with van der Waals surface area (Å²) in [6.45, 7) is 17.8. The van der Waals surface area contributed by atoms with Gasteiger partial charge in [0, 0.05) is 26.2 Å². The van der Waals surface area contributed by atoms with Crippen LogP contribution < -0.4 is 115 Å². The molecular weight excluding hydrogens is 1110 g/mol. The number of carbonyl (C=O) groups is 1. The van der Waals surface area contributed by atoms with Gasteiger partial charge in [0.25, 0.3) is 0 Å². The fourth-order valence-corrected chi connectivity index (χ4v) is 7.67. The van der Waals surface area contributed by atoms with Crippen molar-refractivity contribution >= 4 is 38.4 Å². The summed E-state index contributed by atoms with van der Waals surface area (Å²) in [5.41, 5.74) is 0. The van der Waals surface area contributed by atoms with Crippen LogP contribution in [0.2, 0.25) is 0 Å². The van der Waals surface area contributed by atoms with Gasteiger partial charge in [-0.15, -0.1) is 12.4 Å². The summed E-state index contributed by atoms with van der Waals surface area (Å²) >= 11 is 0. The van der Waals surface area contributed by atoms with Crippen molar-refractivity contribution in [2.24, 2.45) is 0 Å². The van der Waals surface area contributed by atoms with Gasteiger partial charge in [-0.3, -0.25) is 19.6 Å². The van der Waals surface area contributed by atoms with Crippen LogP contribution in [0.25, 0.3) is 0 Å². The third-order valence-corrected chi connectivity index (χ3v) is 13.0. The van der Waals surface area contributed by atoms with Gasteiger partial charge in [-0.05, 0) is 53.9 Å². The minimum absolute atomic E-state index is 0. The van der Waals surface area contributed by atoms with E-state index in [1.807, 2.05) is 0 Å². The van der Waals surface area contributed by atoms with E-state index >= 15 is 0 Å². The number of alkyl halides is 8. The van der Waals surface area contributed by atoms with E-state index in [4.69, 9.17) is 0 Å². The van der Waals surface area contributed by atoms with Crippen LogP contribution in [-0.2, 0) is 25.0 Å². The molecule has 0 radical (unpaired) electrons. The zero-order valence-corrected chi connectivity index (χ0v) is 54.8. The average Bonchev–Trinajstić information content (AvgIpc) is 3.87. The summed E-state index contributed by atoms with van der Waals surface area (Å²) in [4.78, 5) is 19.5. The Kier molecular flexibility index (Phi) is 73.0. The topological polar surface area (TPSA) is 144 Å². The third kappa shape index (κ3) is 57.7. The second kappa shape index (κ2) is 57.8. The molecular formula is C48H97Cl2F8K2N4O7S2-. The summed E-state index contributed by atoms with van der Waals surface area (Å²) < 4.78 is 145. The zero-order chi connectivity index (χ0) is 52.5. The molecule has 0 atom stereocenters. The van der Waals surface area contributed by atoms with Crippen molar-refractivity contribution in [1.82, 2.24) is 19.6 Å². The summed E-state index contributed by atoms with van der Waals surface area (Å²) in [7, 11) is -8.02. The minimum atomic E-state index is -6.23. The van der Waals surface area contributed by atoms with E-state index in [1.54, 1.807) is 0 Å². The number of rotatable bonds is 34. The fraction of sp³-hybridized carbons (Fsp3) is 0.979. The third-order valence-electron chi connectivity index (χ3n) is 11.3. The molecule has 11 nitrogen and oxygen atoms in total. The standard InChI is InChI=1S/2C20H42N2.C3H6O.2C2H2F4O3S.CH4.2ClH.2K/c2*1-3-4-5-6-7-8-9-10-11-12-13-14-15-16-17-22-19-18-21(2)20-22;1-3(2)4;2*3-1(4)2(5,6)10(7,8)9;;;;;/h2*3-20H2,1-2H3;1-2H3;2*1H,(H,7,8,9);1H4;2*1H;;/q;;;;;;;;2*+1/p-3. The number of unbranched alkanes of at least 4 members (excludes halogenated alkanes) is 26. The Morgan fingerprint density at radius 3 is 0.767 bits per heavy atom. The van der Waals surface area contributed by atoms with E-state index in [0.29, 0.717) is 0 Å². The van der Waals surface area contributed by atoms with E-state index in [1.165, 1.54) is 246 Å². The van der Waals surface area contributed by atoms with Crippen molar-refractivity contribution in [3.8, 4) is 0 Å². The van der Waals surface area contributed by atoms with Gasteiger partial charge in [-0.2, -0.15) is 17.6 Å². The van der Waals surface area contributed by atoms with Gasteiger partial charge in [0.05, 0.1) is 13.3 Å². The van der Waals surface area contributed by atoms with Crippen LogP contribution >= 0.6 is 12.4 Å². The SMILES string of the molecule is C.CC(C)=O.CCCCCCCCCCCCCCCCN1CCN(C)C1.CCCCCCCCCCCCCCCCN1CCN(C)C1.Cl.O=S(=O)([O-])C(F)(F)C(F)F.O=S(=O)([O-])C(F)(F)C(F)F.[Cl-].[K+].[K+]. The maximum absolute atomic E-state index is 11.4. The second-order valence-electron chi connectivity index (χ2n) is 18.4. The molecule has 0 amide bonds. The van der Waals surface area contributed by atoms with Gasteiger partial charge >= 0.3 is 126 Å². The molecule has 0 aromatic rings. The molecule has 2 aliphatic rings. The number of nitrogens with zero attached hydrogens (tertiary/aromatic N) is 4. The van der Waals surface area contributed by atoms with Crippen LogP contribution in [0, 0.1) is 0 Å². The molecule has 0 saturated carbocycles. The number of hydrogen-bond donors (Lipinski definition) is 0. The second-order valence-corrected chi connectivity index (χ2v) is 21.3. The molecule has 2 rings (SSSR count). The molecule has 0 unspecified atom stereocenters. The van der Waals surface area contributed by atoms with Gasteiger partial charge in [-0.25, -0.2) is 34.4 Å². The predicted molar refractivity (Wildman–Crippen MR) is 270 cm³/mol. The van der Waals surface area contributed by atoms with Crippen LogP contribution in [0.1, 0.15) is 215 Å². The van der Waals surface area contributed by atoms with Crippen LogP contribution in [0.5, 0.6) is 0 Å². The first kappa shape index (κ1) is 92.1. The van der Waals surface area contributed by atoms with Gasteiger partial charge in [0.15, 0.2) is 20.2 Å². The Balaban J connectivity index is -0.000000129. The number of likely N-dealkylation sites (N-methyl/N-ethyl adjacent to an activating group) is 2. The summed E-state index contributed by atoms with van der Waals surface area (Å²) in [6, 6.07) is 0. The van der Waals surface area contributed by atoms with E-state index in [9.17, 15) is 65.9 Å². The summed E-state index contributed by atoms with van der Waals surface area (Å²) in [5.74, 6) is 0.167. The van der Waals surface area contributed by atoms with Gasteiger partial charge in [0.1, 0.15) is 5.78 Å². The van der Waals surface area contributed by atoms with Gasteiger partial charge < -0.3 is 26.3 Å². The molecule has 2 aliphatic heterocycles. The molecule has 0 spiro atoms.